The molecule has 0 saturated carbocycles. The normalized spacial score (nSPS) is 14.1. The molecule has 3 rings (SSSR count). The zero-order valence-electron chi connectivity index (χ0n) is 14.0. The first-order chi connectivity index (χ1) is 11.5. The zero-order valence-corrected chi connectivity index (χ0v) is 14.0. The standard InChI is InChI=1S/C18H20N2O4/c1-10-16(11(2)24-20-10)18(22)23-12(3)17(21)19-15-8-7-13-5-4-6-14(13)9-15/h7-9,12H,4-6H2,1-3H3,(H,19,21)/t12-/m0/s1. The van der Waals surface area contributed by atoms with Crippen LogP contribution in [0.3, 0.4) is 0 Å². The first kappa shape index (κ1) is 16.2. The molecule has 24 heavy (non-hydrogen) atoms. The van der Waals surface area contributed by atoms with Gasteiger partial charge in [-0.15, -0.1) is 0 Å². The third-order valence-electron chi connectivity index (χ3n) is 4.26. The van der Waals surface area contributed by atoms with Gasteiger partial charge >= 0.3 is 5.97 Å². The van der Waals surface area contributed by atoms with E-state index in [1.807, 2.05) is 18.2 Å². The highest BCUT2D eigenvalue weighted by molar-refractivity contribution is 5.98. The van der Waals surface area contributed by atoms with E-state index in [9.17, 15) is 9.59 Å². The molecule has 6 heteroatoms. The minimum Gasteiger partial charge on any atom is -0.449 e. The number of aromatic nitrogens is 1. The number of esters is 1. The highest BCUT2D eigenvalue weighted by Crippen LogP contribution is 2.25. The van der Waals surface area contributed by atoms with Gasteiger partial charge in [-0.2, -0.15) is 0 Å². The fourth-order valence-corrected chi connectivity index (χ4v) is 2.94. The van der Waals surface area contributed by atoms with Crippen LogP contribution < -0.4 is 5.32 Å². The van der Waals surface area contributed by atoms with E-state index in [2.05, 4.69) is 10.5 Å². The number of hydrogen-bond acceptors (Lipinski definition) is 5. The SMILES string of the molecule is Cc1noc(C)c1C(=O)O[C@@H](C)C(=O)Nc1ccc2c(c1)CCC2. The highest BCUT2D eigenvalue weighted by atomic mass is 16.5. The van der Waals surface area contributed by atoms with Gasteiger partial charge in [0.2, 0.25) is 0 Å². The van der Waals surface area contributed by atoms with Crippen molar-refractivity contribution in [3.63, 3.8) is 0 Å². The van der Waals surface area contributed by atoms with Crippen molar-refractivity contribution < 1.29 is 18.8 Å². The second kappa shape index (κ2) is 6.47. The van der Waals surface area contributed by atoms with Crippen molar-refractivity contribution in [2.45, 2.75) is 46.1 Å². The number of aryl methyl sites for hydroxylation is 4. The molecule has 0 bridgehead atoms. The number of nitrogens with zero attached hydrogens (tertiary/aromatic N) is 1. The summed E-state index contributed by atoms with van der Waals surface area (Å²) in [5.41, 5.74) is 4.05. The van der Waals surface area contributed by atoms with E-state index in [0.717, 1.165) is 24.9 Å². The maximum atomic E-state index is 12.3. The van der Waals surface area contributed by atoms with Crippen molar-refractivity contribution in [3.8, 4) is 0 Å². The second-order valence-electron chi connectivity index (χ2n) is 6.07. The summed E-state index contributed by atoms with van der Waals surface area (Å²) in [4.78, 5) is 24.4. The molecule has 6 nitrogen and oxygen atoms in total. The molecule has 1 N–H and O–H groups in total. The van der Waals surface area contributed by atoms with Crippen LogP contribution in [0.4, 0.5) is 5.69 Å². The van der Waals surface area contributed by atoms with Crippen molar-refractivity contribution in [3.05, 3.63) is 46.3 Å². The molecular weight excluding hydrogens is 308 g/mol. The molecule has 1 heterocycles. The van der Waals surface area contributed by atoms with Gasteiger partial charge in [0.15, 0.2) is 6.10 Å². The van der Waals surface area contributed by atoms with Crippen LogP contribution in [-0.4, -0.2) is 23.1 Å². The summed E-state index contributed by atoms with van der Waals surface area (Å²) in [6.45, 7) is 4.83. The lowest BCUT2D eigenvalue weighted by Crippen LogP contribution is -2.30. The van der Waals surface area contributed by atoms with Gasteiger partial charge in [-0.25, -0.2) is 4.79 Å². The van der Waals surface area contributed by atoms with Crippen LogP contribution in [0.15, 0.2) is 22.7 Å². The number of rotatable bonds is 4. The Hall–Kier alpha value is -2.63. The summed E-state index contributed by atoms with van der Waals surface area (Å²) >= 11 is 0. The van der Waals surface area contributed by atoms with Crippen LogP contribution in [0, 0.1) is 13.8 Å². The van der Waals surface area contributed by atoms with Crippen molar-refractivity contribution in [2.75, 3.05) is 5.32 Å². The van der Waals surface area contributed by atoms with Gasteiger partial charge in [-0.1, -0.05) is 11.2 Å². The third kappa shape index (κ3) is 3.18. The van der Waals surface area contributed by atoms with E-state index in [-0.39, 0.29) is 11.5 Å². The number of amides is 1. The second-order valence-corrected chi connectivity index (χ2v) is 6.07. The fourth-order valence-electron chi connectivity index (χ4n) is 2.94. The predicted octanol–water partition coefficient (Wildman–Crippen LogP) is 2.96. The van der Waals surface area contributed by atoms with Gasteiger partial charge in [0.05, 0.1) is 5.69 Å². The van der Waals surface area contributed by atoms with Gasteiger partial charge in [-0.05, 0) is 63.3 Å². The number of fused-ring (bicyclic) bond motifs is 1. The molecule has 1 aromatic heterocycles. The van der Waals surface area contributed by atoms with Crippen LogP contribution in [0.2, 0.25) is 0 Å². The minimum atomic E-state index is -0.917. The van der Waals surface area contributed by atoms with E-state index in [1.165, 1.54) is 11.1 Å². The van der Waals surface area contributed by atoms with E-state index in [4.69, 9.17) is 9.26 Å². The number of hydrogen-bond donors (Lipinski definition) is 1. The zero-order chi connectivity index (χ0) is 17.3. The number of anilines is 1. The molecule has 2 aromatic rings. The Bertz CT molecular complexity index is 775. The Labute approximate surface area is 140 Å². The van der Waals surface area contributed by atoms with Crippen molar-refractivity contribution in [1.82, 2.24) is 5.16 Å². The van der Waals surface area contributed by atoms with E-state index in [0.29, 0.717) is 11.5 Å². The molecule has 0 aliphatic heterocycles. The van der Waals surface area contributed by atoms with Gasteiger partial charge < -0.3 is 14.6 Å². The summed E-state index contributed by atoms with van der Waals surface area (Å²) in [6, 6.07) is 5.91. The van der Waals surface area contributed by atoms with E-state index in [1.54, 1.807) is 20.8 Å². The average molecular weight is 328 g/mol. The molecule has 1 atom stereocenters. The van der Waals surface area contributed by atoms with E-state index >= 15 is 0 Å². The Morgan fingerprint density at radius 1 is 1.25 bits per heavy atom. The Kier molecular flexibility index (Phi) is 4.38. The topological polar surface area (TPSA) is 81.4 Å². The first-order valence-corrected chi connectivity index (χ1v) is 8.02. The lowest BCUT2D eigenvalue weighted by Gasteiger charge is -2.14. The monoisotopic (exact) mass is 328 g/mol. The summed E-state index contributed by atoms with van der Waals surface area (Å²) < 4.78 is 10.2. The number of nitrogens with one attached hydrogen (secondary N) is 1. The average Bonchev–Trinajstić information content (AvgIpc) is 3.13. The molecule has 1 amide bonds. The van der Waals surface area contributed by atoms with Crippen molar-refractivity contribution in [1.29, 1.82) is 0 Å². The molecule has 1 aliphatic carbocycles. The Morgan fingerprint density at radius 3 is 2.71 bits per heavy atom. The predicted molar refractivity (Wildman–Crippen MR) is 88.0 cm³/mol. The minimum absolute atomic E-state index is 0.271. The maximum Gasteiger partial charge on any atom is 0.344 e. The molecule has 0 fully saturated rings. The van der Waals surface area contributed by atoms with Crippen LogP contribution in [-0.2, 0) is 22.4 Å². The molecule has 0 spiro atoms. The van der Waals surface area contributed by atoms with Crippen LogP contribution in [0.25, 0.3) is 0 Å². The Balaban J connectivity index is 1.64. The fraction of sp³-hybridized carbons (Fsp3) is 0.389. The van der Waals surface area contributed by atoms with Gasteiger partial charge in [0, 0.05) is 5.69 Å². The molecule has 0 radical (unpaired) electrons. The van der Waals surface area contributed by atoms with Gasteiger partial charge in [0.25, 0.3) is 5.91 Å². The van der Waals surface area contributed by atoms with Crippen LogP contribution in [0.1, 0.15) is 46.3 Å². The van der Waals surface area contributed by atoms with Crippen molar-refractivity contribution >= 4 is 17.6 Å². The van der Waals surface area contributed by atoms with Crippen LogP contribution >= 0.6 is 0 Å². The summed E-state index contributed by atoms with van der Waals surface area (Å²) in [5, 5.41) is 6.51. The van der Waals surface area contributed by atoms with Gasteiger partial charge in [0.1, 0.15) is 11.3 Å². The lowest BCUT2D eigenvalue weighted by molar-refractivity contribution is -0.123. The Morgan fingerprint density at radius 2 is 2.00 bits per heavy atom. The molecular formula is C18H20N2O4. The molecule has 0 saturated heterocycles. The first-order valence-electron chi connectivity index (χ1n) is 8.02. The number of carbonyl (C=O) groups excluding carboxylic acids is 2. The van der Waals surface area contributed by atoms with E-state index < -0.39 is 12.1 Å². The van der Waals surface area contributed by atoms with Gasteiger partial charge in [-0.3, -0.25) is 4.79 Å². The van der Waals surface area contributed by atoms with Crippen LogP contribution in [0.5, 0.6) is 0 Å². The quantitative estimate of drug-likeness (QED) is 0.873. The molecule has 1 aliphatic rings. The number of benzene rings is 1. The smallest absolute Gasteiger partial charge is 0.344 e. The number of ether oxygens (including phenoxy) is 1. The lowest BCUT2D eigenvalue weighted by atomic mass is 10.1. The highest BCUT2D eigenvalue weighted by Gasteiger charge is 2.24. The summed E-state index contributed by atoms with van der Waals surface area (Å²) in [5.74, 6) is -0.598. The van der Waals surface area contributed by atoms with Crippen molar-refractivity contribution in [2.24, 2.45) is 0 Å². The largest absolute Gasteiger partial charge is 0.449 e. The molecule has 0 unspecified atom stereocenters. The summed E-state index contributed by atoms with van der Waals surface area (Å²) in [7, 11) is 0. The molecule has 126 valence electrons. The maximum absolute atomic E-state index is 12.3. The third-order valence-corrected chi connectivity index (χ3v) is 4.26. The number of carbonyl (C=O) groups is 2. The summed E-state index contributed by atoms with van der Waals surface area (Å²) in [6.07, 6.45) is 2.36. The molecule has 1 aromatic carbocycles.